The summed E-state index contributed by atoms with van der Waals surface area (Å²) < 4.78 is 11.8. The minimum Gasteiger partial charge on any atom is -0.316 e. The molecule has 0 aromatic heterocycles. The molecule has 318 valence electrons. The zero-order chi connectivity index (χ0) is 44.3. The lowest BCUT2D eigenvalue weighted by Crippen LogP contribution is -2.34. The first-order valence-corrected chi connectivity index (χ1v) is 25.4. The van der Waals surface area contributed by atoms with Crippen molar-refractivity contribution in [2.45, 2.75) is 20.0 Å². The Labute approximate surface area is 383 Å². The van der Waals surface area contributed by atoms with Crippen LogP contribution in [0.2, 0.25) is 0 Å². The molecule has 0 fully saturated rings. The highest BCUT2D eigenvalue weighted by Gasteiger charge is 2.30. The van der Waals surface area contributed by atoms with Crippen LogP contribution in [0, 0.1) is 6.92 Å². The van der Waals surface area contributed by atoms with E-state index in [2.05, 4.69) is 212 Å². The smallest absolute Gasteiger partial charge is 0.316 e. The van der Waals surface area contributed by atoms with Crippen molar-refractivity contribution in [1.29, 1.82) is 0 Å². The lowest BCUT2D eigenvalue weighted by molar-refractivity contribution is 0.206. The molecular weight excluding hydrogens is 831 g/mol. The SMILES string of the molecule is Cc1ccc(NC(=O)N(Cc2ccccc2N=P(c2ccccc2)(c2ccccc2)c2ccccc2)Cc2ccccc2N=P(c2ccccc2)(c2ccccc2)c2ccccc2)cc1. The van der Waals surface area contributed by atoms with Crippen LogP contribution in [0.1, 0.15) is 16.7 Å². The highest BCUT2D eigenvalue weighted by atomic mass is 31.2. The van der Waals surface area contributed by atoms with Gasteiger partial charge in [-0.15, -0.1) is 0 Å². The molecule has 0 unspecified atom stereocenters. The summed E-state index contributed by atoms with van der Waals surface area (Å²) in [5, 5.41) is 10.1. The minimum atomic E-state index is -2.62. The highest BCUT2D eigenvalue weighted by molar-refractivity contribution is 7.88. The van der Waals surface area contributed by atoms with Gasteiger partial charge in [-0.2, -0.15) is 0 Å². The van der Waals surface area contributed by atoms with Gasteiger partial charge in [0.25, 0.3) is 0 Å². The first kappa shape index (κ1) is 43.0. The Kier molecular flexibility index (Phi) is 13.3. The summed E-state index contributed by atoms with van der Waals surface area (Å²) in [6.07, 6.45) is 0. The van der Waals surface area contributed by atoms with Crippen LogP contribution in [0.3, 0.4) is 0 Å². The maximum absolute atomic E-state index is 14.9. The van der Waals surface area contributed by atoms with Crippen molar-refractivity contribution in [1.82, 2.24) is 4.90 Å². The van der Waals surface area contributed by atoms with Gasteiger partial charge in [-0.3, -0.25) is 9.49 Å². The molecule has 0 spiro atoms. The Bertz CT molecular complexity index is 2700. The number of hydrogen-bond donors (Lipinski definition) is 1. The van der Waals surface area contributed by atoms with Gasteiger partial charge in [0.05, 0.1) is 25.5 Å². The normalized spacial score (nSPS) is 11.3. The number of nitrogens with zero attached hydrogens (tertiary/aromatic N) is 3. The summed E-state index contributed by atoms with van der Waals surface area (Å²) in [4.78, 5) is 16.8. The first-order valence-electron chi connectivity index (χ1n) is 21.9. The topological polar surface area (TPSA) is 57.1 Å². The average molecular weight is 881 g/mol. The molecule has 0 aliphatic carbocycles. The number of carbonyl (C=O) groups is 1. The molecule has 0 radical (unpaired) electrons. The second kappa shape index (κ2) is 20.0. The van der Waals surface area contributed by atoms with Gasteiger partial charge in [0.2, 0.25) is 0 Å². The molecular formula is C58H50N4OP2. The van der Waals surface area contributed by atoms with Gasteiger partial charge >= 0.3 is 6.03 Å². The zero-order valence-electron chi connectivity index (χ0n) is 36.3. The third-order valence-corrected chi connectivity index (χ3v) is 18.9. The quantitative estimate of drug-likeness (QED) is 0.115. The largest absolute Gasteiger partial charge is 0.322 e. The predicted molar refractivity (Wildman–Crippen MR) is 277 cm³/mol. The van der Waals surface area contributed by atoms with Crippen molar-refractivity contribution >= 4 is 69.0 Å². The molecule has 0 heterocycles. The van der Waals surface area contributed by atoms with Crippen LogP contribution in [0.4, 0.5) is 21.9 Å². The molecule has 65 heavy (non-hydrogen) atoms. The molecule has 0 saturated heterocycles. The van der Waals surface area contributed by atoms with E-state index in [4.69, 9.17) is 9.49 Å². The molecule has 0 aliphatic heterocycles. The van der Waals surface area contributed by atoms with E-state index in [1.165, 1.54) is 0 Å². The maximum Gasteiger partial charge on any atom is 0.322 e. The van der Waals surface area contributed by atoms with Crippen LogP contribution < -0.4 is 37.1 Å². The molecule has 0 saturated carbocycles. The molecule has 2 amide bonds. The molecule has 9 aromatic carbocycles. The van der Waals surface area contributed by atoms with Crippen molar-refractivity contribution in [3.05, 3.63) is 271 Å². The van der Waals surface area contributed by atoms with E-state index >= 15 is 0 Å². The summed E-state index contributed by atoms with van der Waals surface area (Å²) in [5.74, 6) is 0. The maximum atomic E-state index is 14.9. The second-order valence-corrected chi connectivity index (χ2v) is 21.9. The van der Waals surface area contributed by atoms with E-state index in [-0.39, 0.29) is 6.03 Å². The number of anilines is 1. The van der Waals surface area contributed by atoms with Crippen LogP contribution in [0.15, 0.2) is 264 Å². The minimum absolute atomic E-state index is 0.219. The van der Waals surface area contributed by atoms with E-state index in [1.54, 1.807) is 0 Å². The van der Waals surface area contributed by atoms with E-state index in [0.29, 0.717) is 13.1 Å². The third-order valence-electron chi connectivity index (χ3n) is 11.6. The lowest BCUT2D eigenvalue weighted by Gasteiger charge is -2.29. The van der Waals surface area contributed by atoms with Crippen LogP contribution in [0.25, 0.3) is 0 Å². The Morgan fingerprint density at radius 1 is 0.385 bits per heavy atom. The summed E-state index contributed by atoms with van der Waals surface area (Å²) in [5.41, 5.74) is 5.40. The molecule has 9 rings (SSSR count). The van der Waals surface area contributed by atoms with E-state index in [0.717, 1.165) is 65.6 Å². The number of urea groups is 1. The lowest BCUT2D eigenvalue weighted by atomic mass is 10.1. The summed E-state index contributed by atoms with van der Waals surface area (Å²) in [6, 6.07) is 88.2. The van der Waals surface area contributed by atoms with Gasteiger partial charge < -0.3 is 10.2 Å². The number of aryl methyl sites for hydroxylation is 1. The number of rotatable bonds is 13. The molecule has 9 aromatic rings. The summed E-state index contributed by atoms with van der Waals surface area (Å²) in [6.45, 7) is 2.63. The fourth-order valence-electron chi connectivity index (χ4n) is 8.36. The Morgan fingerprint density at radius 2 is 0.662 bits per heavy atom. The number of amides is 2. The van der Waals surface area contributed by atoms with Crippen molar-refractivity contribution < 1.29 is 4.79 Å². The van der Waals surface area contributed by atoms with Gasteiger partial charge in [-0.05, 0) is 42.3 Å². The Balaban J connectivity index is 1.22. The highest BCUT2D eigenvalue weighted by Crippen LogP contribution is 2.51. The zero-order valence-corrected chi connectivity index (χ0v) is 38.1. The number of hydrogen-bond acceptors (Lipinski definition) is 3. The number of nitrogens with one attached hydrogen (secondary N) is 1. The van der Waals surface area contributed by atoms with Crippen LogP contribution in [0.5, 0.6) is 0 Å². The standard InChI is InChI=1S/C58H50N4OP2/c1-46-40-42-49(43-41-46)59-58(63)62(44-47-24-20-22-38-56(47)60-64(50-26-8-2-9-27-50,51-28-10-3-11-29-51)52-30-12-4-13-31-52)45-48-25-21-23-39-57(48)61-65(53-32-14-5-15-33-53,54-34-16-6-17-35-54)55-36-18-7-19-37-55/h2-43H,44-45H2,1H3,(H,59,63). The van der Waals surface area contributed by atoms with Gasteiger partial charge in [0, 0.05) is 50.6 Å². The Hall–Kier alpha value is -7.29. The molecule has 5 nitrogen and oxygen atoms in total. The predicted octanol–water partition coefficient (Wildman–Crippen LogP) is 12.8. The average Bonchev–Trinajstić information content (AvgIpc) is 3.38. The van der Waals surface area contributed by atoms with Crippen molar-refractivity contribution in [3.63, 3.8) is 0 Å². The molecule has 1 N–H and O–H groups in total. The fraction of sp³-hybridized carbons (Fsp3) is 0.0517. The summed E-state index contributed by atoms with van der Waals surface area (Å²) >= 11 is 0. The van der Waals surface area contributed by atoms with Gasteiger partial charge in [0.15, 0.2) is 0 Å². The molecule has 0 aliphatic rings. The molecule has 7 heteroatoms. The van der Waals surface area contributed by atoms with Crippen molar-refractivity contribution in [2.75, 3.05) is 5.32 Å². The van der Waals surface area contributed by atoms with Crippen LogP contribution in [-0.2, 0) is 13.1 Å². The van der Waals surface area contributed by atoms with E-state index in [1.807, 2.05) is 60.4 Å². The van der Waals surface area contributed by atoms with E-state index < -0.39 is 14.1 Å². The van der Waals surface area contributed by atoms with Gasteiger partial charge in [-0.25, -0.2) is 4.79 Å². The van der Waals surface area contributed by atoms with Crippen LogP contribution >= 0.6 is 14.1 Å². The van der Waals surface area contributed by atoms with Gasteiger partial charge in [0.1, 0.15) is 0 Å². The second-order valence-electron chi connectivity index (χ2n) is 15.9. The fourth-order valence-corrected chi connectivity index (χ4v) is 15.5. The molecule has 0 bridgehead atoms. The number of carbonyl (C=O) groups excluding carboxylic acids is 1. The molecule has 0 atom stereocenters. The van der Waals surface area contributed by atoms with Crippen molar-refractivity contribution in [2.24, 2.45) is 9.49 Å². The number of benzene rings is 9. The Morgan fingerprint density at radius 3 is 0.969 bits per heavy atom. The third kappa shape index (κ3) is 9.35. The van der Waals surface area contributed by atoms with Crippen LogP contribution in [-0.4, -0.2) is 10.9 Å². The summed E-state index contributed by atoms with van der Waals surface area (Å²) in [7, 11) is -5.24. The monoisotopic (exact) mass is 880 g/mol. The van der Waals surface area contributed by atoms with Gasteiger partial charge in [-0.1, -0.05) is 236 Å². The van der Waals surface area contributed by atoms with Crippen molar-refractivity contribution in [3.8, 4) is 0 Å². The van der Waals surface area contributed by atoms with E-state index in [9.17, 15) is 4.79 Å². The first-order chi connectivity index (χ1) is 32.0.